The van der Waals surface area contributed by atoms with Crippen LogP contribution in [0.1, 0.15) is 44.9 Å². The Bertz CT molecular complexity index is 756. The molecule has 0 aliphatic heterocycles. The lowest BCUT2D eigenvalue weighted by molar-refractivity contribution is -0.117. The van der Waals surface area contributed by atoms with Crippen LogP contribution in [0.3, 0.4) is 0 Å². The van der Waals surface area contributed by atoms with E-state index in [-0.39, 0.29) is 11.9 Å². The number of amides is 1. The highest BCUT2D eigenvalue weighted by Crippen LogP contribution is 2.22. The number of hydrogen-bond donors (Lipinski definition) is 0. The SMILES string of the molecule is CC(=O)N(c1cc(C)c(C)nn1)[C@H](C)CC1=CC/C=C/C=C(/C)C=C1. The van der Waals surface area contributed by atoms with Crippen molar-refractivity contribution in [1.29, 1.82) is 0 Å². The lowest BCUT2D eigenvalue weighted by Gasteiger charge is -2.27. The van der Waals surface area contributed by atoms with Gasteiger partial charge in [-0.05, 0) is 57.7 Å². The standard InChI is InChI=1S/C21H27N3O/c1-15-9-7-6-8-10-20(12-11-15)14-17(3)24(19(5)25)21-13-16(2)18(4)22-23-21/h6-7,9-13,17H,8,14H2,1-5H3/b7-6+,12-11?,15-9-,20-10?/t17-/m1/s1. The van der Waals surface area contributed by atoms with E-state index >= 15 is 0 Å². The van der Waals surface area contributed by atoms with E-state index < -0.39 is 0 Å². The summed E-state index contributed by atoms with van der Waals surface area (Å²) in [5.74, 6) is 0.598. The van der Waals surface area contributed by atoms with Crippen LogP contribution in [0.25, 0.3) is 0 Å². The Morgan fingerprint density at radius 3 is 2.68 bits per heavy atom. The van der Waals surface area contributed by atoms with Crippen LogP contribution in [0.15, 0.2) is 53.7 Å². The molecule has 2 rings (SSSR count). The van der Waals surface area contributed by atoms with Gasteiger partial charge in [-0.25, -0.2) is 0 Å². The van der Waals surface area contributed by atoms with Crippen molar-refractivity contribution in [2.24, 2.45) is 0 Å². The number of carbonyl (C=O) groups excluding carboxylic acids is 1. The molecule has 1 aromatic heterocycles. The van der Waals surface area contributed by atoms with Gasteiger partial charge in [0.2, 0.25) is 5.91 Å². The van der Waals surface area contributed by atoms with E-state index in [4.69, 9.17) is 0 Å². The van der Waals surface area contributed by atoms with Gasteiger partial charge in [0.25, 0.3) is 0 Å². The molecule has 0 bridgehead atoms. The van der Waals surface area contributed by atoms with Crippen molar-refractivity contribution in [2.75, 3.05) is 4.90 Å². The van der Waals surface area contributed by atoms with Gasteiger partial charge in [0.1, 0.15) is 0 Å². The summed E-state index contributed by atoms with van der Waals surface area (Å²) in [6, 6.07) is 1.93. The van der Waals surface area contributed by atoms with Gasteiger partial charge in [0.15, 0.2) is 5.82 Å². The predicted octanol–water partition coefficient (Wildman–Crippen LogP) is 4.61. The molecule has 0 N–H and O–H groups in total. The average molecular weight is 337 g/mol. The number of aryl methyl sites for hydroxylation is 2. The zero-order chi connectivity index (χ0) is 18.4. The summed E-state index contributed by atoms with van der Waals surface area (Å²) in [5, 5.41) is 8.40. The molecule has 25 heavy (non-hydrogen) atoms. The molecule has 4 nitrogen and oxygen atoms in total. The van der Waals surface area contributed by atoms with Gasteiger partial charge in [-0.2, -0.15) is 5.10 Å². The fourth-order valence-corrected chi connectivity index (χ4v) is 2.81. The van der Waals surface area contributed by atoms with Crippen LogP contribution < -0.4 is 4.90 Å². The van der Waals surface area contributed by atoms with Crippen LogP contribution in [-0.4, -0.2) is 22.1 Å². The quantitative estimate of drug-likeness (QED) is 0.806. The molecular weight excluding hydrogens is 310 g/mol. The van der Waals surface area contributed by atoms with Crippen LogP contribution >= 0.6 is 0 Å². The molecule has 1 heterocycles. The second-order valence-corrected chi connectivity index (χ2v) is 6.60. The first-order valence-corrected chi connectivity index (χ1v) is 8.69. The van der Waals surface area contributed by atoms with Crippen LogP contribution in [0.2, 0.25) is 0 Å². The van der Waals surface area contributed by atoms with E-state index in [0.29, 0.717) is 5.82 Å². The number of anilines is 1. The first-order chi connectivity index (χ1) is 11.9. The zero-order valence-electron chi connectivity index (χ0n) is 15.8. The molecule has 4 heteroatoms. The van der Waals surface area contributed by atoms with Crippen LogP contribution in [0.4, 0.5) is 5.82 Å². The molecule has 132 valence electrons. The van der Waals surface area contributed by atoms with Gasteiger partial charge in [-0.15, -0.1) is 5.10 Å². The maximum Gasteiger partial charge on any atom is 0.225 e. The van der Waals surface area contributed by atoms with Crippen LogP contribution in [0.5, 0.6) is 0 Å². The van der Waals surface area contributed by atoms with E-state index in [9.17, 15) is 4.79 Å². The second kappa shape index (κ2) is 8.56. The normalized spacial score (nSPS) is 18.9. The molecule has 0 radical (unpaired) electrons. The Morgan fingerprint density at radius 1 is 1.24 bits per heavy atom. The molecule has 0 saturated heterocycles. The molecular formula is C21H27N3O. The highest BCUT2D eigenvalue weighted by Gasteiger charge is 2.21. The lowest BCUT2D eigenvalue weighted by atomic mass is 10.0. The van der Waals surface area contributed by atoms with E-state index in [1.165, 1.54) is 11.1 Å². The first-order valence-electron chi connectivity index (χ1n) is 8.69. The van der Waals surface area contributed by atoms with Gasteiger partial charge in [-0.3, -0.25) is 9.69 Å². The molecule has 1 aromatic rings. The highest BCUT2D eigenvalue weighted by molar-refractivity contribution is 5.91. The van der Waals surface area contributed by atoms with Gasteiger partial charge < -0.3 is 0 Å². The van der Waals surface area contributed by atoms with Crippen molar-refractivity contribution in [3.8, 4) is 0 Å². The zero-order valence-corrected chi connectivity index (χ0v) is 15.8. The summed E-state index contributed by atoms with van der Waals surface area (Å²) in [5.41, 5.74) is 4.35. The third-order valence-corrected chi connectivity index (χ3v) is 4.35. The molecule has 1 aliphatic rings. The molecule has 1 aliphatic carbocycles. The van der Waals surface area contributed by atoms with E-state index in [0.717, 1.165) is 24.1 Å². The van der Waals surface area contributed by atoms with Gasteiger partial charge in [-0.1, -0.05) is 42.0 Å². The number of carbonyl (C=O) groups is 1. The van der Waals surface area contributed by atoms with Crippen molar-refractivity contribution < 1.29 is 4.79 Å². The van der Waals surface area contributed by atoms with E-state index in [1.54, 1.807) is 11.8 Å². The van der Waals surface area contributed by atoms with Gasteiger partial charge in [0.05, 0.1) is 5.69 Å². The summed E-state index contributed by atoms with van der Waals surface area (Å²) in [7, 11) is 0. The molecule has 0 fully saturated rings. The van der Waals surface area contributed by atoms with Crippen LogP contribution in [0, 0.1) is 13.8 Å². The smallest absolute Gasteiger partial charge is 0.225 e. The highest BCUT2D eigenvalue weighted by atomic mass is 16.2. The van der Waals surface area contributed by atoms with E-state index in [1.807, 2.05) is 19.9 Å². The topological polar surface area (TPSA) is 46.1 Å². The summed E-state index contributed by atoms with van der Waals surface area (Å²) in [6.45, 7) is 9.62. The number of rotatable bonds is 4. The molecule has 0 saturated carbocycles. The van der Waals surface area contributed by atoms with Crippen molar-refractivity contribution >= 4 is 11.7 Å². The third-order valence-electron chi connectivity index (χ3n) is 4.35. The Hall–Kier alpha value is -2.49. The van der Waals surface area contributed by atoms with Gasteiger partial charge in [0, 0.05) is 13.0 Å². The molecule has 0 unspecified atom stereocenters. The third kappa shape index (κ3) is 5.24. The minimum absolute atomic E-state index is 0.00109. The Kier molecular flexibility index (Phi) is 6.45. The van der Waals surface area contributed by atoms with Crippen LogP contribution in [-0.2, 0) is 4.79 Å². The van der Waals surface area contributed by atoms with Crippen molar-refractivity contribution in [2.45, 2.75) is 53.5 Å². The molecule has 1 amide bonds. The van der Waals surface area contributed by atoms with Crippen molar-refractivity contribution in [3.05, 3.63) is 64.9 Å². The minimum Gasteiger partial charge on any atom is -0.292 e. The minimum atomic E-state index is -0.0197. The molecule has 0 aromatic carbocycles. The summed E-state index contributed by atoms with van der Waals surface area (Å²) in [6.07, 6.45) is 14.4. The largest absolute Gasteiger partial charge is 0.292 e. The first kappa shape index (κ1) is 18.8. The monoisotopic (exact) mass is 337 g/mol. The summed E-state index contributed by atoms with van der Waals surface area (Å²) < 4.78 is 0. The number of allylic oxidation sites excluding steroid dienone is 7. The Labute approximate surface area is 150 Å². The van der Waals surface area contributed by atoms with Gasteiger partial charge >= 0.3 is 0 Å². The molecule has 0 spiro atoms. The fourth-order valence-electron chi connectivity index (χ4n) is 2.81. The van der Waals surface area contributed by atoms with Crippen molar-refractivity contribution in [3.63, 3.8) is 0 Å². The summed E-state index contributed by atoms with van der Waals surface area (Å²) in [4.78, 5) is 14.0. The Balaban J connectivity index is 2.24. The van der Waals surface area contributed by atoms with Crippen molar-refractivity contribution in [1.82, 2.24) is 10.2 Å². The number of aromatic nitrogens is 2. The number of hydrogen-bond acceptors (Lipinski definition) is 3. The van der Waals surface area contributed by atoms with E-state index in [2.05, 4.69) is 60.5 Å². The maximum atomic E-state index is 12.3. The lowest BCUT2D eigenvalue weighted by Crippen LogP contribution is -2.38. The predicted molar refractivity (Wildman–Crippen MR) is 103 cm³/mol. The fraction of sp³-hybridized carbons (Fsp3) is 0.381. The second-order valence-electron chi connectivity index (χ2n) is 6.60. The average Bonchev–Trinajstić information content (AvgIpc) is 2.64. The maximum absolute atomic E-state index is 12.3. The Morgan fingerprint density at radius 2 is 2.00 bits per heavy atom. The summed E-state index contributed by atoms with van der Waals surface area (Å²) >= 11 is 0. The number of nitrogens with zero attached hydrogens (tertiary/aromatic N) is 3. The molecule has 1 atom stereocenters.